The summed E-state index contributed by atoms with van der Waals surface area (Å²) in [5, 5.41) is 3.25. The van der Waals surface area contributed by atoms with Gasteiger partial charge in [0, 0.05) is 51.3 Å². The van der Waals surface area contributed by atoms with Crippen LogP contribution in [0.1, 0.15) is 6.92 Å². The van der Waals surface area contributed by atoms with E-state index >= 15 is 0 Å². The van der Waals surface area contributed by atoms with Crippen LogP contribution in [-0.2, 0) is 4.79 Å². The average molecular weight is 337 g/mol. The van der Waals surface area contributed by atoms with Crippen LogP contribution in [0.4, 0.5) is 11.6 Å². The van der Waals surface area contributed by atoms with Crippen LogP contribution in [-0.4, -0.2) is 53.5 Å². The number of rotatable bonds is 5. The molecule has 6 heteroatoms. The Bertz CT molecular complexity index is 739. The lowest BCUT2D eigenvalue weighted by molar-refractivity contribution is -0.129. The first kappa shape index (κ1) is 17.0. The Balaban J connectivity index is 1.87. The fourth-order valence-electron chi connectivity index (χ4n) is 2.83. The van der Waals surface area contributed by atoms with Crippen LogP contribution >= 0.6 is 0 Å². The van der Waals surface area contributed by atoms with Gasteiger partial charge in [-0.3, -0.25) is 4.79 Å². The van der Waals surface area contributed by atoms with Crippen LogP contribution in [0.2, 0.25) is 0 Å². The zero-order valence-corrected chi connectivity index (χ0v) is 14.5. The molecule has 0 saturated carbocycles. The number of piperazine rings is 1. The molecule has 0 aliphatic carbocycles. The largest absolute Gasteiger partial charge is 0.366 e. The number of anilines is 2. The molecule has 1 aromatic carbocycles. The van der Waals surface area contributed by atoms with Crippen molar-refractivity contribution in [1.82, 2.24) is 14.9 Å². The van der Waals surface area contributed by atoms with E-state index in [9.17, 15) is 4.79 Å². The van der Waals surface area contributed by atoms with E-state index in [0.717, 1.165) is 43.4 Å². The van der Waals surface area contributed by atoms with Gasteiger partial charge in [-0.05, 0) is 0 Å². The molecule has 0 atom stereocenters. The molecular weight excluding hydrogens is 314 g/mol. The van der Waals surface area contributed by atoms with Crippen molar-refractivity contribution < 1.29 is 4.79 Å². The lowest BCUT2D eigenvalue weighted by Crippen LogP contribution is -2.48. The van der Waals surface area contributed by atoms with Gasteiger partial charge in [0.05, 0.1) is 0 Å². The van der Waals surface area contributed by atoms with Crippen LogP contribution in [0.15, 0.2) is 49.1 Å². The maximum absolute atomic E-state index is 11.5. The second-order valence-electron chi connectivity index (χ2n) is 5.96. The third-order valence-electron chi connectivity index (χ3n) is 4.22. The summed E-state index contributed by atoms with van der Waals surface area (Å²) in [5.41, 5.74) is 0.980. The highest BCUT2D eigenvalue weighted by molar-refractivity contribution is 5.73. The number of carbonyl (C=O) groups excluding carboxylic acids is 1. The van der Waals surface area contributed by atoms with E-state index in [-0.39, 0.29) is 5.91 Å². The van der Waals surface area contributed by atoms with Gasteiger partial charge in [-0.1, -0.05) is 36.4 Å². The molecular formula is C19H23N5O. The molecule has 1 aliphatic heterocycles. The van der Waals surface area contributed by atoms with E-state index in [4.69, 9.17) is 4.98 Å². The molecule has 0 unspecified atom stereocenters. The van der Waals surface area contributed by atoms with Gasteiger partial charge in [-0.25, -0.2) is 9.97 Å². The zero-order valence-electron chi connectivity index (χ0n) is 14.5. The predicted octanol–water partition coefficient (Wildman–Crippen LogP) is 2.41. The summed E-state index contributed by atoms with van der Waals surface area (Å²) in [6, 6.07) is 11.9. The summed E-state index contributed by atoms with van der Waals surface area (Å²) >= 11 is 0. The van der Waals surface area contributed by atoms with E-state index in [0.29, 0.717) is 12.4 Å². The van der Waals surface area contributed by atoms with E-state index in [1.165, 1.54) is 0 Å². The number of hydrogen-bond acceptors (Lipinski definition) is 5. The first-order valence-electron chi connectivity index (χ1n) is 8.47. The predicted molar refractivity (Wildman–Crippen MR) is 101 cm³/mol. The second-order valence-corrected chi connectivity index (χ2v) is 5.96. The fraction of sp³-hybridized carbons (Fsp3) is 0.316. The third-order valence-corrected chi connectivity index (χ3v) is 4.22. The molecule has 1 fully saturated rings. The number of carbonyl (C=O) groups is 1. The normalized spacial score (nSPS) is 14.3. The maximum atomic E-state index is 11.5. The van der Waals surface area contributed by atoms with Gasteiger partial charge < -0.3 is 15.1 Å². The Labute approximate surface area is 148 Å². The lowest BCUT2D eigenvalue weighted by Gasteiger charge is -2.35. The quantitative estimate of drug-likeness (QED) is 0.849. The number of aromatic nitrogens is 2. The summed E-state index contributed by atoms with van der Waals surface area (Å²) in [7, 11) is 0. The van der Waals surface area contributed by atoms with Crippen molar-refractivity contribution in [2.24, 2.45) is 0 Å². The molecule has 2 aromatic rings. The fourth-order valence-corrected chi connectivity index (χ4v) is 2.83. The molecule has 1 saturated heterocycles. The first-order chi connectivity index (χ1) is 12.2. The van der Waals surface area contributed by atoms with Crippen LogP contribution in [0, 0.1) is 0 Å². The number of benzene rings is 1. The molecule has 130 valence electrons. The molecule has 0 radical (unpaired) electrons. The van der Waals surface area contributed by atoms with Crippen molar-refractivity contribution >= 4 is 17.5 Å². The molecule has 0 spiro atoms. The highest BCUT2D eigenvalue weighted by atomic mass is 16.2. The van der Waals surface area contributed by atoms with Crippen molar-refractivity contribution in [3.05, 3.63) is 49.1 Å². The third kappa shape index (κ3) is 4.15. The number of hydrogen-bond donors (Lipinski definition) is 1. The Morgan fingerprint density at radius 1 is 1.20 bits per heavy atom. The molecule has 1 aromatic heterocycles. The van der Waals surface area contributed by atoms with Crippen LogP contribution in [0.25, 0.3) is 11.4 Å². The van der Waals surface area contributed by atoms with Crippen molar-refractivity contribution in [3.63, 3.8) is 0 Å². The topological polar surface area (TPSA) is 61.4 Å². The molecule has 25 heavy (non-hydrogen) atoms. The van der Waals surface area contributed by atoms with Gasteiger partial charge in [0.15, 0.2) is 5.82 Å². The minimum absolute atomic E-state index is 0.126. The Morgan fingerprint density at radius 3 is 2.56 bits per heavy atom. The highest BCUT2D eigenvalue weighted by Crippen LogP contribution is 2.23. The molecule has 1 N–H and O–H groups in total. The Hall–Kier alpha value is -2.89. The molecule has 6 nitrogen and oxygen atoms in total. The monoisotopic (exact) mass is 337 g/mol. The summed E-state index contributed by atoms with van der Waals surface area (Å²) in [4.78, 5) is 25.0. The van der Waals surface area contributed by atoms with Gasteiger partial charge in [0.25, 0.3) is 0 Å². The number of nitrogens with one attached hydrogen (secondary N) is 1. The summed E-state index contributed by atoms with van der Waals surface area (Å²) in [5.74, 6) is 2.47. The summed E-state index contributed by atoms with van der Waals surface area (Å²) < 4.78 is 0. The van der Waals surface area contributed by atoms with E-state index in [1.54, 1.807) is 13.0 Å². The summed E-state index contributed by atoms with van der Waals surface area (Å²) in [6.07, 6.45) is 1.80. The Kier molecular flexibility index (Phi) is 5.28. The molecule has 1 aliphatic rings. The van der Waals surface area contributed by atoms with Gasteiger partial charge in [0.1, 0.15) is 11.6 Å². The van der Waals surface area contributed by atoms with Crippen LogP contribution in [0.5, 0.6) is 0 Å². The van der Waals surface area contributed by atoms with E-state index in [2.05, 4.69) is 21.8 Å². The van der Waals surface area contributed by atoms with E-state index < -0.39 is 0 Å². The molecule has 0 bridgehead atoms. The van der Waals surface area contributed by atoms with E-state index in [1.807, 2.05) is 41.3 Å². The van der Waals surface area contributed by atoms with Gasteiger partial charge in [-0.2, -0.15) is 0 Å². The molecule has 3 rings (SSSR count). The average Bonchev–Trinajstić information content (AvgIpc) is 2.67. The molecule has 1 amide bonds. The van der Waals surface area contributed by atoms with Crippen molar-refractivity contribution in [3.8, 4) is 11.4 Å². The molecule has 2 heterocycles. The standard InChI is InChI=1S/C19H23N5O/c1-3-9-20-17-14-18(24-12-10-23(11-13-24)15(2)25)22-19(21-17)16-7-5-4-6-8-16/h3-8,14H,1,9-13H2,2H3,(H,20,21,22). The zero-order chi connectivity index (χ0) is 17.6. The van der Waals surface area contributed by atoms with Crippen molar-refractivity contribution in [1.29, 1.82) is 0 Å². The SMILES string of the molecule is C=CCNc1cc(N2CCN(C(C)=O)CC2)nc(-c2ccccc2)n1. The van der Waals surface area contributed by atoms with Gasteiger partial charge in [-0.15, -0.1) is 6.58 Å². The lowest BCUT2D eigenvalue weighted by atomic mass is 10.2. The van der Waals surface area contributed by atoms with Gasteiger partial charge in [0.2, 0.25) is 5.91 Å². The smallest absolute Gasteiger partial charge is 0.219 e. The van der Waals surface area contributed by atoms with Crippen LogP contribution in [0.3, 0.4) is 0 Å². The number of nitrogens with zero attached hydrogens (tertiary/aromatic N) is 4. The second kappa shape index (κ2) is 7.79. The maximum Gasteiger partial charge on any atom is 0.219 e. The minimum atomic E-state index is 0.126. The van der Waals surface area contributed by atoms with Crippen molar-refractivity contribution in [2.75, 3.05) is 42.9 Å². The van der Waals surface area contributed by atoms with Gasteiger partial charge >= 0.3 is 0 Å². The minimum Gasteiger partial charge on any atom is -0.366 e. The number of amides is 1. The Morgan fingerprint density at radius 2 is 1.92 bits per heavy atom. The van der Waals surface area contributed by atoms with Crippen molar-refractivity contribution in [2.45, 2.75) is 6.92 Å². The summed E-state index contributed by atoms with van der Waals surface area (Å²) in [6.45, 7) is 8.97. The first-order valence-corrected chi connectivity index (χ1v) is 8.47. The van der Waals surface area contributed by atoms with Crippen LogP contribution < -0.4 is 10.2 Å². The highest BCUT2D eigenvalue weighted by Gasteiger charge is 2.20.